The van der Waals surface area contributed by atoms with Crippen molar-refractivity contribution >= 4 is 11.6 Å². The minimum atomic E-state index is -0.306. The van der Waals surface area contributed by atoms with Gasteiger partial charge in [0.25, 0.3) is 5.91 Å². The summed E-state index contributed by atoms with van der Waals surface area (Å²) in [6, 6.07) is 3.36. The Labute approximate surface area is 136 Å². The van der Waals surface area contributed by atoms with E-state index in [0.29, 0.717) is 13.2 Å². The van der Waals surface area contributed by atoms with Gasteiger partial charge in [-0.15, -0.1) is 0 Å². The molecule has 2 heterocycles. The van der Waals surface area contributed by atoms with Gasteiger partial charge in [-0.2, -0.15) is 5.26 Å². The predicted molar refractivity (Wildman–Crippen MR) is 87.2 cm³/mol. The maximum Gasteiger partial charge on any atom is 0.270 e. The van der Waals surface area contributed by atoms with Gasteiger partial charge in [0.05, 0.1) is 12.3 Å². The Morgan fingerprint density at radius 2 is 2.22 bits per heavy atom. The summed E-state index contributed by atoms with van der Waals surface area (Å²) in [7, 11) is 0. The maximum atomic E-state index is 12.2. The van der Waals surface area contributed by atoms with Gasteiger partial charge in [0.1, 0.15) is 17.3 Å². The third-order valence-corrected chi connectivity index (χ3v) is 3.80. The molecule has 1 aliphatic rings. The van der Waals surface area contributed by atoms with Crippen LogP contribution in [0.2, 0.25) is 0 Å². The predicted octanol–water partition coefficient (Wildman–Crippen LogP) is 1.15. The molecule has 1 aromatic rings. The van der Waals surface area contributed by atoms with Crippen molar-refractivity contribution in [2.75, 3.05) is 38.5 Å². The van der Waals surface area contributed by atoms with Crippen LogP contribution < -0.4 is 15.8 Å². The van der Waals surface area contributed by atoms with Crippen molar-refractivity contribution in [2.24, 2.45) is 0 Å². The van der Waals surface area contributed by atoms with Crippen LogP contribution >= 0.6 is 0 Å². The fourth-order valence-corrected chi connectivity index (χ4v) is 2.61. The molecule has 0 unspecified atom stereocenters. The lowest BCUT2D eigenvalue weighted by Gasteiger charge is -2.26. The summed E-state index contributed by atoms with van der Waals surface area (Å²) >= 11 is 0. The molecule has 7 nitrogen and oxygen atoms in total. The summed E-state index contributed by atoms with van der Waals surface area (Å²) in [4.78, 5) is 18.7. The number of pyridine rings is 1. The first-order valence-corrected chi connectivity index (χ1v) is 7.99. The van der Waals surface area contributed by atoms with Crippen LogP contribution in [-0.4, -0.2) is 48.6 Å². The third kappa shape index (κ3) is 4.57. The van der Waals surface area contributed by atoms with E-state index in [4.69, 9.17) is 15.7 Å². The highest BCUT2D eigenvalue weighted by Gasteiger charge is 2.16. The molecule has 1 fully saturated rings. The van der Waals surface area contributed by atoms with Crippen LogP contribution in [0.3, 0.4) is 0 Å². The van der Waals surface area contributed by atoms with E-state index in [-0.39, 0.29) is 28.7 Å². The van der Waals surface area contributed by atoms with E-state index < -0.39 is 0 Å². The number of hydrogen-bond donors (Lipinski definition) is 2. The van der Waals surface area contributed by atoms with Crippen molar-refractivity contribution < 1.29 is 9.53 Å². The topological polar surface area (TPSA) is 104 Å². The molecule has 1 aromatic heterocycles. The number of carbonyl (C=O) groups excluding carboxylic acids is 1. The van der Waals surface area contributed by atoms with E-state index >= 15 is 0 Å². The standard InChI is InChI=1S/C16H23N5O2/c1-2-23-16-12(11-17)13(18)10-14(20-16)15(22)19-6-9-21-7-4-3-5-8-21/h10H,2-9H2,1H3,(H2,18,20)(H,19,22). The number of nitriles is 1. The van der Waals surface area contributed by atoms with Gasteiger partial charge in [-0.25, -0.2) is 4.98 Å². The van der Waals surface area contributed by atoms with Crippen molar-refractivity contribution in [3.8, 4) is 11.9 Å². The number of anilines is 1. The van der Waals surface area contributed by atoms with Crippen molar-refractivity contribution in [3.05, 3.63) is 17.3 Å². The van der Waals surface area contributed by atoms with Crippen molar-refractivity contribution in [1.82, 2.24) is 15.2 Å². The molecule has 0 aliphatic carbocycles. The van der Waals surface area contributed by atoms with Crippen LogP contribution in [-0.2, 0) is 0 Å². The zero-order chi connectivity index (χ0) is 16.7. The number of piperidine rings is 1. The number of nitrogens with one attached hydrogen (secondary N) is 1. The molecular weight excluding hydrogens is 294 g/mol. The average molecular weight is 317 g/mol. The zero-order valence-corrected chi connectivity index (χ0v) is 13.5. The molecule has 23 heavy (non-hydrogen) atoms. The van der Waals surface area contributed by atoms with Crippen LogP contribution in [0, 0.1) is 11.3 Å². The van der Waals surface area contributed by atoms with Gasteiger partial charge >= 0.3 is 0 Å². The lowest BCUT2D eigenvalue weighted by molar-refractivity contribution is 0.0940. The number of likely N-dealkylation sites (tertiary alicyclic amines) is 1. The summed E-state index contributed by atoms with van der Waals surface area (Å²) in [6.45, 7) is 5.70. The highest BCUT2D eigenvalue weighted by molar-refractivity contribution is 5.93. The highest BCUT2D eigenvalue weighted by atomic mass is 16.5. The third-order valence-electron chi connectivity index (χ3n) is 3.80. The molecule has 3 N–H and O–H groups in total. The molecule has 0 spiro atoms. The number of carbonyl (C=O) groups is 1. The molecule has 0 saturated carbocycles. The summed E-state index contributed by atoms with van der Waals surface area (Å²) in [6.07, 6.45) is 3.73. The van der Waals surface area contributed by atoms with Gasteiger partial charge in [0.15, 0.2) is 0 Å². The monoisotopic (exact) mass is 317 g/mol. The van der Waals surface area contributed by atoms with E-state index in [1.54, 1.807) is 6.92 Å². The average Bonchev–Trinajstić information content (AvgIpc) is 2.56. The Bertz CT molecular complexity index is 591. The molecule has 2 rings (SSSR count). The molecule has 124 valence electrons. The van der Waals surface area contributed by atoms with Crippen molar-refractivity contribution in [2.45, 2.75) is 26.2 Å². The molecule has 1 amide bonds. The zero-order valence-electron chi connectivity index (χ0n) is 13.5. The van der Waals surface area contributed by atoms with Crippen molar-refractivity contribution in [3.63, 3.8) is 0 Å². The molecule has 7 heteroatoms. The van der Waals surface area contributed by atoms with E-state index in [1.807, 2.05) is 6.07 Å². The van der Waals surface area contributed by atoms with E-state index in [9.17, 15) is 4.79 Å². The van der Waals surface area contributed by atoms with Crippen LogP contribution in [0.25, 0.3) is 0 Å². The molecular formula is C16H23N5O2. The van der Waals surface area contributed by atoms with Crippen molar-refractivity contribution in [1.29, 1.82) is 5.26 Å². The van der Waals surface area contributed by atoms with E-state index in [2.05, 4.69) is 15.2 Å². The second kappa shape index (κ2) is 8.34. The number of nitrogens with two attached hydrogens (primary N) is 1. The number of amides is 1. The summed E-state index contributed by atoms with van der Waals surface area (Å²) < 4.78 is 5.30. The number of hydrogen-bond acceptors (Lipinski definition) is 6. The fraction of sp³-hybridized carbons (Fsp3) is 0.562. The first kappa shape index (κ1) is 17.0. The minimum absolute atomic E-state index is 0.108. The second-order valence-corrected chi connectivity index (χ2v) is 5.48. The van der Waals surface area contributed by atoms with Crippen LogP contribution in [0.4, 0.5) is 5.69 Å². The SMILES string of the molecule is CCOc1nc(C(=O)NCCN2CCCCC2)cc(N)c1C#N. The van der Waals surface area contributed by atoms with Gasteiger partial charge in [-0.05, 0) is 38.9 Å². The van der Waals surface area contributed by atoms with Gasteiger partial charge in [-0.1, -0.05) is 6.42 Å². The van der Waals surface area contributed by atoms with Crippen LogP contribution in [0.5, 0.6) is 5.88 Å². The fourth-order valence-electron chi connectivity index (χ4n) is 2.61. The summed E-state index contributed by atoms with van der Waals surface area (Å²) in [5.74, 6) is -0.199. The molecule has 0 radical (unpaired) electrons. The van der Waals surface area contributed by atoms with Gasteiger partial charge in [-0.3, -0.25) is 4.79 Å². The first-order valence-electron chi connectivity index (χ1n) is 7.99. The maximum absolute atomic E-state index is 12.2. The lowest BCUT2D eigenvalue weighted by Crippen LogP contribution is -2.37. The van der Waals surface area contributed by atoms with Gasteiger partial charge in [0.2, 0.25) is 5.88 Å². The Balaban J connectivity index is 1.97. The second-order valence-electron chi connectivity index (χ2n) is 5.48. The Kier molecular flexibility index (Phi) is 6.18. The number of nitrogen functional groups attached to an aromatic ring is 1. The molecule has 0 aromatic carbocycles. The number of nitrogens with zero attached hydrogens (tertiary/aromatic N) is 3. The number of aromatic nitrogens is 1. The number of ether oxygens (including phenoxy) is 1. The molecule has 0 bridgehead atoms. The molecule has 1 saturated heterocycles. The molecule has 1 aliphatic heterocycles. The minimum Gasteiger partial charge on any atom is -0.477 e. The Hall–Kier alpha value is -2.33. The quantitative estimate of drug-likeness (QED) is 0.815. The van der Waals surface area contributed by atoms with E-state index in [0.717, 1.165) is 19.6 Å². The van der Waals surface area contributed by atoms with Crippen LogP contribution in [0.15, 0.2) is 6.07 Å². The molecule has 0 atom stereocenters. The van der Waals surface area contributed by atoms with Gasteiger partial charge < -0.3 is 20.7 Å². The number of rotatable bonds is 6. The Morgan fingerprint density at radius 3 is 2.87 bits per heavy atom. The summed E-state index contributed by atoms with van der Waals surface area (Å²) in [5, 5.41) is 11.9. The Morgan fingerprint density at radius 1 is 1.48 bits per heavy atom. The highest BCUT2D eigenvalue weighted by Crippen LogP contribution is 2.22. The summed E-state index contributed by atoms with van der Waals surface area (Å²) in [5.41, 5.74) is 6.35. The first-order chi connectivity index (χ1) is 11.2. The largest absolute Gasteiger partial charge is 0.477 e. The van der Waals surface area contributed by atoms with E-state index in [1.165, 1.54) is 25.3 Å². The lowest BCUT2D eigenvalue weighted by atomic mass is 10.1. The van der Waals surface area contributed by atoms with Gasteiger partial charge in [0, 0.05) is 13.1 Å². The normalized spacial score (nSPS) is 15.0. The smallest absolute Gasteiger partial charge is 0.270 e. The van der Waals surface area contributed by atoms with Crippen LogP contribution in [0.1, 0.15) is 42.2 Å².